The number of hydrogen-bond donors (Lipinski definition) is 1. The third-order valence-electron chi connectivity index (χ3n) is 3.48. The molecule has 21 heavy (non-hydrogen) atoms. The van der Waals surface area contributed by atoms with Gasteiger partial charge in [-0.15, -0.1) is 0 Å². The number of imidazole rings is 1. The maximum absolute atomic E-state index is 10.3. The van der Waals surface area contributed by atoms with Gasteiger partial charge >= 0.3 is 0 Å². The first kappa shape index (κ1) is 15.4. The van der Waals surface area contributed by atoms with Crippen LogP contribution in [-0.4, -0.2) is 35.0 Å². The van der Waals surface area contributed by atoms with E-state index in [0.717, 1.165) is 17.9 Å². The number of benzene rings is 1. The normalized spacial score (nSPS) is 12.2. The van der Waals surface area contributed by atoms with Crippen LogP contribution in [-0.2, 0) is 19.4 Å². The van der Waals surface area contributed by atoms with Gasteiger partial charge in [0.15, 0.2) is 11.5 Å². The van der Waals surface area contributed by atoms with Crippen LogP contribution in [0, 0.1) is 0 Å². The van der Waals surface area contributed by atoms with Crippen molar-refractivity contribution in [1.82, 2.24) is 9.55 Å². The summed E-state index contributed by atoms with van der Waals surface area (Å²) >= 11 is 0. The summed E-state index contributed by atoms with van der Waals surface area (Å²) in [4.78, 5) is 4.29. The molecule has 2 rings (SSSR count). The molecule has 0 fully saturated rings. The van der Waals surface area contributed by atoms with Crippen molar-refractivity contribution in [2.45, 2.75) is 32.4 Å². The minimum Gasteiger partial charge on any atom is -0.493 e. The van der Waals surface area contributed by atoms with Gasteiger partial charge in [-0.2, -0.15) is 0 Å². The minimum absolute atomic E-state index is 0.476. The van der Waals surface area contributed by atoms with Crippen LogP contribution in [0.3, 0.4) is 0 Å². The Hall–Kier alpha value is -2.01. The van der Waals surface area contributed by atoms with Gasteiger partial charge in [0.1, 0.15) is 5.82 Å². The Balaban J connectivity index is 2.04. The molecular weight excluding hydrogens is 268 g/mol. The topological polar surface area (TPSA) is 56.5 Å². The van der Waals surface area contributed by atoms with Crippen LogP contribution in [0.25, 0.3) is 0 Å². The second-order valence-corrected chi connectivity index (χ2v) is 4.88. The summed E-state index contributed by atoms with van der Waals surface area (Å²) in [5.41, 5.74) is 1.01. The highest BCUT2D eigenvalue weighted by atomic mass is 16.5. The molecule has 1 unspecified atom stereocenters. The summed E-state index contributed by atoms with van der Waals surface area (Å²) in [5.74, 6) is 2.28. The number of aromatic nitrogens is 2. The summed E-state index contributed by atoms with van der Waals surface area (Å²) in [6.45, 7) is 2.92. The molecule has 1 atom stereocenters. The molecule has 0 bridgehead atoms. The zero-order valence-electron chi connectivity index (χ0n) is 12.7. The van der Waals surface area contributed by atoms with Crippen molar-refractivity contribution in [3.8, 4) is 11.5 Å². The maximum atomic E-state index is 10.3. The van der Waals surface area contributed by atoms with Crippen LogP contribution in [0.5, 0.6) is 11.5 Å². The zero-order valence-corrected chi connectivity index (χ0v) is 12.7. The number of methoxy groups -OCH3 is 2. The summed E-state index contributed by atoms with van der Waals surface area (Å²) in [7, 11) is 3.22. The number of hydrogen-bond acceptors (Lipinski definition) is 4. The Kier molecular flexibility index (Phi) is 5.22. The van der Waals surface area contributed by atoms with Gasteiger partial charge in [0, 0.05) is 25.4 Å². The van der Waals surface area contributed by atoms with Crippen molar-refractivity contribution in [3.05, 3.63) is 42.0 Å². The van der Waals surface area contributed by atoms with Crippen LogP contribution in [0.15, 0.2) is 30.6 Å². The Morgan fingerprint density at radius 2 is 1.95 bits per heavy atom. The lowest BCUT2D eigenvalue weighted by Gasteiger charge is -2.13. The molecule has 0 aliphatic carbocycles. The molecule has 0 saturated heterocycles. The second-order valence-electron chi connectivity index (χ2n) is 4.88. The lowest BCUT2D eigenvalue weighted by molar-refractivity contribution is 0.171. The standard InChI is InChI=1S/C16H22N2O3/c1-4-18-8-7-17-16(18)11-13(19)9-12-5-6-14(20-2)15(10-12)21-3/h5-8,10,13,19H,4,9,11H2,1-3H3. The van der Waals surface area contributed by atoms with Crippen LogP contribution in [0.4, 0.5) is 0 Å². The monoisotopic (exact) mass is 290 g/mol. The first-order valence-corrected chi connectivity index (χ1v) is 7.06. The van der Waals surface area contributed by atoms with Gasteiger partial charge in [-0.05, 0) is 31.0 Å². The lowest BCUT2D eigenvalue weighted by Crippen LogP contribution is -2.17. The van der Waals surface area contributed by atoms with E-state index in [-0.39, 0.29) is 0 Å². The second kappa shape index (κ2) is 7.13. The number of nitrogens with zero attached hydrogens (tertiary/aromatic N) is 2. The van der Waals surface area contributed by atoms with Crippen molar-refractivity contribution < 1.29 is 14.6 Å². The smallest absolute Gasteiger partial charge is 0.160 e. The fourth-order valence-electron chi connectivity index (χ4n) is 2.38. The van der Waals surface area contributed by atoms with E-state index in [1.54, 1.807) is 20.4 Å². The van der Waals surface area contributed by atoms with Gasteiger partial charge in [0.2, 0.25) is 0 Å². The summed E-state index contributed by atoms with van der Waals surface area (Å²) in [6, 6.07) is 5.69. The molecule has 0 aliphatic heterocycles. The van der Waals surface area contributed by atoms with Crippen molar-refractivity contribution in [3.63, 3.8) is 0 Å². The van der Waals surface area contributed by atoms with Gasteiger partial charge in [0.05, 0.1) is 20.3 Å². The first-order valence-electron chi connectivity index (χ1n) is 7.06. The predicted molar refractivity (Wildman–Crippen MR) is 80.9 cm³/mol. The highest BCUT2D eigenvalue weighted by molar-refractivity contribution is 5.43. The minimum atomic E-state index is -0.476. The molecule has 0 aliphatic rings. The number of rotatable bonds is 7. The quantitative estimate of drug-likeness (QED) is 0.848. The van der Waals surface area contributed by atoms with Gasteiger partial charge in [0.25, 0.3) is 0 Å². The van der Waals surface area contributed by atoms with Gasteiger partial charge in [-0.3, -0.25) is 0 Å². The predicted octanol–water partition coefficient (Wildman–Crippen LogP) is 2.07. The molecule has 1 aromatic carbocycles. The van der Waals surface area contributed by atoms with E-state index in [2.05, 4.69) is 11.9 Å². The Morgan fingerprint density at radius 1 is 1.19 bits per heavy atom. The Bertz CT molecular complexity index is 581. The van der Waals surface area contributed by atoms with E-state index in [9.17, 15) is 5.11 Å². The van der Waals surface area contributed by atoms with Crippen LogP contribution < -0.4 is 9.47 Å². The molecule has 2 aromatic rings. The van der Waals surface area contributed by atoms with Crippen LogP contribution in [0.1, 0.15) is 18.3 Å². The van der Waals surface area contributed by atoms with E-state index in [4.69, 9.17) is 9.47 Å². The van der Waals surface area contributed by atoms with E-state index >= 15 is 0 Å². The molecule has 0 radical (unpaired) electrons. The first-order chi connectivity index (χ1) is 10.2. The van der Waals surface area contributed by atoms with Crippen molar-refractivity contribution in [2.75, 3.05) is 14.2 Å². The molecule has 1 N–H and O–H groups in total. The van der Waals surface area contributed by atoms with Gasteiger partial charge in [-0.25, -0.2) is 4.98 Å². The summed E-state index contributed by atoms with van der Waals surface area (Å²) in [5, 5.41) is 10.3. The summed E-state index contributed by atoms with van der Waals surface area (Å²) < 4.78 is 12.5. The maximum Gasteiger partial charge on any atom is 0.160 e. The largest absolute Gasteiger partial charge is 0.493 e. The molecule has 0 spiro atoms. The van der Waals surface area contributed by atoms with Gasteiger partial charge < -0.3 is 19.1 Å². The van der Waals surface area contributed by atoms with E-state index in [1.807, 2.05) is 29.0 Å². The fraction of sp³-hybridized carbons (Fsp3) is 0.438. The number of ether oxygens (including phenoxy) is 2. The molecule has 5 nitrogen and oxygen atoms in total. The average Bonchev–Trinajstić information content (AvgIpc) is 2.94. The van der Waals surface area contributed by atoms with Crippen molar-refractivity contribution in [1.29, 1.82) is 0 Å². The molecule has 0 amide bonds. The number of aliphatic hydroxyl groups excluding tert-OH is 1. The van der Waals surface area contributed by atoms with E-state index in [1.165, 1.54) is 0 Å². The SMILES string of the molecule is CCn1ccnc1CC(O)Cc1ccc(OC)c(OC)c1. The molecule has 1 aromatic heterocycles. The third kappa shape index (κ3) is 3.76. The summed E-state index contributed by atoms with van der Waals surface area (Å²) in [6.07, 6.45) is 4.31. The van der Waals surface area contributed by atoms with Crippen molar-refractivity contribution >= 4 is 0 Å². The molecule has 1 heterocycles. The van der Waals surface area contributed by atoms with E-state index < -0.39 is 6.10 Å². The average molecular weight is 290 g/mol. The van der Waals surface area contributed by atoms with Crippen LogP contribution in [0.2, 0.25) is 0 Å². The third-order valence-corrected chi connectivity index (χ3v) is 3.48. The Labute approximate surface area is 125 Å². The molecule has 5 heteroatoms. The highest BCUT2D eigenvalue weighted by Crippen LogP contribution is 2.28. The number of aliphatic hydroxyl groups is 1. The number of aryl methyl sites for hydroxylation is 1. The molecule has 0 saturated carbocycles. The molecule has 114 valence electrons. The van der Waals surface area contributed by atoms with Gasteiger partial charge in [-0.1, -0.05) is 6.07 Å². The molecular formula is C16H22N2O3. The highest BCUT2D eigenvalue weighted by Gasteiger charge is 2.12. The van der Waals surface area contributed by atoms with E-state index in [0.29, 0.717) is 24.3 Å². The fourth-order valence-corrected chi connectivity index (χ4v) is 2.38. The lowest BCUT2D eigenvalue weighted by atomic mass is 10.0. The van der Waals surface area contributed by atoms with Crippen molar-refractivity contribution in [2.24, 2.45) is 0 Å². The Morgan fingerprint density at radius 3 is 2.62 bits per heavy atom. The van der Waals surface area contributed by atoms with Crippen LogP contribution >= 0.6 is 0 Å². The zero-order chi connectivity index (χ0) is 15.2.